The van der Waals surface area contributed by atoms with E-state index >= 15 is 0 Å². The van der Waals surface area contributed by atoms with Gasteiger partial charge in [0.05, 0.1) is 11.8 Å². The van der Waals surface area contributed by atoms with Crippen molar-refractivity contribution in [2.45, 2.75) is 63.9 Å². The number of aliphatic hydroxyl groups excluding tert-OH is 1. The molecule has 0 atom stereocenters. The first-order chi connectivity index (χ1) is 16.9. The highest BCUT2D eigenvalue weighted by Gasteiger charge is 2.36. The highest BCUT2D eigenvalue weighted by atomic mass is 16.7. The molecule has 0 bridgehead atoms. The summed E-state index contributed by atoms with van der Waals surface area (Å²) in [4.78, 5) is 50.1. The molecule has 12 nitrogen and oxygen atoms in total. The van der Waals surface area contributed by atoms with Gasteiger partial charge in [0.1, 0.15) is 0 Å². The molecule has 0 heterocycles. The molecule has 0 unspecified atom stereocenters. The van der Waals surface area contributed by atoms with Crippen molar-refractivity contribution >= 4 is 23.8 Å². The molecule has 12 heteroatoms. The molecule has 6 N–H and O–H groups in total. The van der Waals surface area contributed by atoms with Crippen molar-refractivity contribution in [1.82, 2.24) is 9.80 Å². The van der Waals surface area contributed by atoms with E-state index in [1.807, 2.05) is 0 Å². The molecule has 2 aliphatic rings. The second-order valence-electron chi connectivity index (χ2n) is 9.95. The van der Waals surface area contributed by atoms with Crippen LogP contribution in [0.5, 0.6) is 0 Å². The van der Waals surface area contributed by atoms with Crippen LogP contribution in [0, 0.1) is 23.7 Å². The zero-order chi connectivity index (χ0) is 27.4. The first-order valence-corrected chi connectivity index (χ1v) is 12.5. The second kappa shape index (κ2) is 15.7. The Kier molecular flexibility index (Phi) is 13.9. The molecule has 2 amide bonds. The summed E-state index contributed by atoms with van der Waals surface area (Å²) in [5.41, 5.74) is 11.4. The second-order valence-corrected chi connectivity index (χ2v) is 9.95. The van der Waals surface area contributed by atoms with E-state index in [1.54, 1.807) is 0 Å². The molecule has 2 aliphatic carbocycles. The standard InChI is InChI=1S/C20H35N3O5.C4H9NO3/c1-23(2)17(24)20(27-18(25)15-7-3-13(11-21)4-8-15)28-19(26)16-9-5-14(12-22)6-10-16;1-5(2)3(6)4(7)8/h13-16,20H,3-12,21-22H2,1-2H3;4,7-8H,1-2H3/t13-,14-,15-,16-;. The predicted octanol–water partition coefficient (Wildman–Crippen LogP) is -0.597. The van der Waals surface area contributed by atoms with Crippen molar-refractivity contribution in [3.05, 3.63) is 0 Å². The van der Waals surface area contributed by atoms with E-state index in [9.17, 15) is 19.2 Å². The lowest BCUT2D eigenvalue weighted by atomic mass is 9.82. The van der Waals surface area contributed by atoms with Gasteiger partial charge in [-0.05, 0) is 76.3 Å². The first kappa shape index (κ1) is 31.7. The molecular formula is C24H44N4O8. The molecule has 208 valence electrons. The lowest BCUT2D eigenvalue weighted by Crippen LogP contribution is -2.43. The maximum Gasteiger partial charge on any atom is 0.326 e. The third-order valence-electron chi connectivity index (χ3n) is 6.78. The van der Waals surface area contributed by atoms with E-state index in [2.05, 4.69) is 0 Å². The van der Waals surface area contributed by atoms with Gasteiger partial charge in [0.2, 0.25) is 6.29 Å². The lowest BCUT2D eigenvalue weighted by molar-refractivity contribution is -0.201. The minimum absolute atomic E-state index is 0.279. The van der Waals surface area contributed by atoms with Crippen molar-refractivity contribution in [1.29, 1.82) is 0 Å². The number of hydrogen-bond donors (Lipinski definition) is 4. The lowest BCUT2D eigenvalue weighted by Gasteiger charge is -2.30. The Hall–Kier alpha value is -2.28. The summed E-state index contributed by atoms with van der Waals surface area (Å²) in [7, 11) is 5.97. The van der Waals surface area contributed by atoms with Crippen LogP contribution < -0.4 is 11.5 Å². The summed E-state index contributed by atoms with van der Waals surface area (Å²) in [5.74, 6) is -1.89. The quantitative estimate of drug-likeness (QED) is 0.240. The van der Waals surface area contributed by atoms with Crippen molar-refractivity contribution in [3.8, 4) is 0 Å². The summed E-state index contributed by atoms with van der Waals surface area (Å²) in [5, 5.41) is 16.3. The fourth-order valence-corrected chi connectivity index (χ4v) is 4.24. The van der Waals surface area contributed by atoms with Gasteiger partial charge in [-0.1, -0.05) is 0 Å². The van der Waals surface area contributed by atoms with Crippen molar-refractivity contribution in [2.75, 3.05) is 41.3 Å². The number of aliphatic hydroxyl groups is 2. The summed E-state index contributed by atoms with van der Waals surface area (Å²) in [6.45, 7) is 1.24. The zero-order valence-electron chi connectivity index (χ0n) is 21.9. The molecular weight excluding hydrogens is 472 g/mol. The van der Waals surface area contributed by atoms with E-state index in [0.717, 1.165) is 30.6 Å². The van der Waals surface area contributed by atoms with Crippen LogP contribution in [-0.2, 0) is 28.7 Å². The maximum absolute atomic E-state index is 12.5. The molecule has 2 rings (SSSR count). The van der Waals surface area contributed by atoms with Crippen LogP contribution in [0.3, 0.4) is 0 Å². The van der Waals surface area contributed by atoms with E-state index in [1.165, 1.54) is 33.1 Å². The highest BCUT2D eigenvalue weighted by molar-refractivity contribution is 5.85. The molecule has 2 saturated carbocycles. The van der Waals surface area contributed by atoms with Gasteiger partial charge in [-0.2, -0.15) is 0 Å². The molecule has 0 radical (unpaired) electrons. The highest BCUT2D eigenvalue weighted by Crippen LogP contribution is 2.31. The van der Waals surface area contributed by atoms with Crippen LogP contribution in [0.2, 0.25) is 0 Å². The van der Waals surface area contributed by atoms with Crippen LogP contribution in [0.4, 0.5) is 0 Å². The fourth-order valence-electron chi connectivity index (χ4n) is 4.24. The molecule has 0 saturated heterocycles. The van der Waals surface area contributed by atoms with Crippen LogP contribution in [0.15, 0.2) is 0 Å². The monoisotopic (exact) mass is 516 g/mol. The number of nitrogens with two attached hydrogens (primary N) is 2. The van der Waals surface area contributed by atoms with Gasteiger partial charge in [0.25, 0.3) is 5.91 Å². The number of esters is 2. The van der Waals surface area contributed by atoms with Crippen molar-refractivity contribution in [3.63, 3.8) is 0 Å². The topological polar surface area (TPSA) is 186 Å². The molecule has 0 aromatic carbocycles. The summed E-state index contributed by atoms with van der Waals surface area (Å²) < 4.78 is 10.7. The number of carbonyl (C=O) groups is 4. The Morgan fingerprint density at radius 1 is 0.694 bits per heavy atom. The Morgan fingerprint density at radius 3 is 1.25 bits per heavy atom. The first-order valence-electron chi connectivity index (χ1n) is 12.5. The summed E-state index contributed by atoms with van der Waals surface area (Å²) in [6.07, 6.45) is 2.81. The number of likely N-dealkylation sites (N-methyl/N-ethyl adjacent to an activating group) is 2. The third-order valence-corrected chi connectivity index (χ3v) is 6.78. The predicted molar refractivity (Wildman–Crippen MR) is 131 cm³/mol. The molecule has 0 aliphatic heterocycles. The average Bonchev–Trinajstić information content (AvgIpc) is 2.87. The van der Waals surface area contributed by atoms with Gasteiger partial charge in [-0.3, -0.25) is 19.2 Å². The van der Waals surface area contributed by atoms with Crippen LogP contribution >= 0.6 is 0 Å². The van der Waals surface area contributed by atoms with E-state index < -0.39 is 36.3 Å². The number of hydrogen-bond acceptors (Lipinski definition) is 10. The molecule has 36 heavy (non-hydrogen) atoms. The number of rotatable bonds is 8. The third kappa shape index (κ3) is 10.4. The van der Waals surface area contributed by atoms with Gasteiger partial charge in [0, 0.05) is 28.2 Å². The van der Waals surface area contributed by atoms with Gasteiger partial charge in [0.15, 0.2) is 0 Å². The minimum Gasteiger partial charge on any atom is -0.415 e. The van der Waals surface area contributed by atoms with E-state index in [0.29, 0.717) is 50.6 Å². The number of carbonyl (C=O) groups excluding carboxylic acids is 4. The fraction of sp³-hybridized carbons (Fsp3) is 0.833. The maximum atomic E-state index is 12.5. The van der Waals surface area contributed by atoms with Gasteiger partial charge in [-0.15, -0.1) is 0 Å². The van der Waals surface area contributed by atoms with Crippen molar-refractivity contribution < 1.29 is 38.9 Å². The molecule has 0 aromatic heterocycles. The summed E-state index contributed by atoms with van der Waals surface area (Å²) >= 11 is 0. The normalized spacial score (nSPS) is 23.8. The number of nitrogens with zero attached hydrogens (tertiary/aromatic N) is 2. The Bertz CT molecular complexity index is 667. The van der Waals surface area contributed by atoms with Gasteiger partial charge in [-0.25, -0.2) is 0 Å². The Labute approximate surface area is 213 Å². The SMILES string of the molecule is CN(C)C(=O)C(O)O.CN(C)C(=O)C(OC(=O)[C@H]1CC[C@H](CN)CC1)OC(=O)[C@H]1CC[C@H](CN)CC1. The Morgan fingerprint density at radius 2 is 1.03 bits per heavy atom. The average molecular weight is 517 g/mol. The number of ether oxygens (including phenoxy) is 2. The van der Waals surface area contributed by atoms with Gasteiger partial charge >= 0.3 is 24.1 Å². The van der Waals surface area contributed by atoms with Crippen LogP contribution in [0.1, 0.15) is 51.4 Å². The Balaban J connectivity index is 0.000000697. The van der Waals surface area contributed by atoms with E-state index in [4.69, 9.17) is 31.2 Å². The molecule has 2 fully saturated rings. The zero-order valence-corrected chi connectivity index (χ0v) is 21.9. The molecule has 0 aromatic rings. The largest absolute Gasteiger partial charge is 0.415 e. The minimum atomic E-state index is -1.87. The van der Waals surface area contributed by atoms with E-state index in [-0.39, 0.29) is 11.8 Å². The number of amides is 2. The van der Waals surface area contributed by atoms with Crippen LogP contribution in [0.25, 0.3) is 0 Å². The molecule has 0 spiro atoms. The van der Waals surface area contributed by atoms with Gasteiger partial charge < -0.3 is 41.0 Å². The summed E-state index contributed by atoms with van der Waals surface area (Å²) in [6, 6.07) is 0. The smallest absolute Gasteiger partial charge is 0.326 e. The van der Waals surface area contributed by atoms with Crippen molar-refractivity contribution in [2.24, 2.45) is 35.1 Å². The van der Waals surface area contributed by atoms with Crippen LogP contribution in [-0.4, -0.2) is 97.6 Å².